The van der Waals surface area contributed by atoms with Gasteiger partial charge in [0.05, 0.1) is 5.41 Å². The predicted octanol–water partition coefficient (Wildman–Crippen LogP) is 3.68. The molecule has 0 radical (unpaired) electrons. The molecular weight excluding hydrogens is 320 g/mol. The van der Waals surface area contributed by atoms with Gasteiger partial charge in [0.25, 0.3) is 0 Å². The lowest BCUT2D eigenvalue weighted by Gasteiger charge is -2.13. The molecule has 1 aliphatic rings. The minimum Gasteiger partial charge on any atom is -0.481 e. The molecule has 1 aliphatic carbocycles. The molecule has 1 aromatic heterocycles. The van der Waals surface area contributed by atoms with E-state index >= 15 is 0 Å². The summed E-state index contributed by atoms with van der Waals surface area (Å²) in [6.07, 6.45) is 2.77. The molecule has 3 rings (SSSR count). The second-order valence-electron chi connectivity index (χ2n) is 6.56. The predicted molar refractivity (Wildman–Crippen MR) is 92.8 cm³/mol. The van der Waals surface area contributed by atoms with E-state index in [0.717, 1.165) is 11.1 Å². The third kappa shape index (κ3) is 3.96. The number of carbonyl (C=O) groups is 2. The molecule has 0 atom stereocenters. The highest BCUT2D eigenvalue weighted by molar-refractivity contribution is 5.95. The van der Waals surface area contributed by atoms with Crippen molar-refractivity contribution in [1.82, 2.24) is 4.98 Å². The van der Waals surface area contributed by atoms with Crippen molar-refractivity contribution in [2.24, 2.45) is 5.41 Å². The van der Waals surface area contributed by atoms with Crippen molar-refractivity contribution >= 4 is 17.6 Å². The molecule has 130 valence electrons. The lowest BCUT2D eigenvalue weighted by Crippen LogP contribution is -2.23. The largest absolute Gasteiger partial charge is 0.481 e. The molecule has 1 fully saturated rings. The summed E-state index contributed by atoms with van der Waals surface area (Å²) in [6, 6.07) is 9.04. The minimum absolute atomic E-state index is 0.00810. The molecule has 2 N–H and O–H groups in total. The van der Waals surface area contributed by atoms with Crippen molar-refractivity contribution in [2.45, 2.75) is 33.1 Å². The van der Waals surface area contributed by atoms with E-state index in [4.69, 9.17) is 4.74 Å². The molecule has 25 heavy (non-hydrogen) atoms. The zero-order valence-corrected chi connectivity index (χ0v) is 14.2. The molecule has 0 spiro atoms. The topological polar surface area (TPSA) is 88.5 Å². The maximum absolute atomic E-state index is 12.1. The van der Waals surface area contributed by atoms with Crippen LogP contribution in [0, 0.1) is 19.3 Å². The fourth-order valence-electron chi connectivity index (χ4n) is 2.59. The monoisotopic (exact) mass is 340 g/mol. The van der Waals surface area contributed by atoms with Gasteiger partial charge in [-0.2, -0.15) is 0 Å². The van der Waals surface area contributed by atoms with Crippen LogP contribution in [0.3, 0.4) is 0 Å². The van der Waals surface area contributed by atoms with Crippen LogP contribution in [0.1, 0.15) is 30.4 Å². The molecule has 0 unspecified atom stereocenters. The van der Waals surface area contributed by atoms with Gasteiger partial charge in [-0.1, -0.05) is 6.07 Å². The lowest BCUT2D eigenvalue weighted by atomic mass is 10.0. The molecule has 2 aromatic rings. The summed E-state index contributed by atoms with van der Waals surface area (Å²) >= 11 is 0. The van der Waals surface area contributed by atoms with Gasteiger partial charge < -0.3 is 15.2 Å². The highest BCUT2D eigenvalue weighted by Crippen LogP contribution is 2.49. The van der Waals surface area contributed by atoms with Gasteiger partial charge in [-0.05, 0) is 49.9 Å². The number of hydrogen-bond donors (Lipinski definition) is 2. The SMILES string of the molecule is Cc1ccnc(Oc2cc(NC(=O)CC3(C(=O)O)CC3)ccc2C)c1. The zero-order valence-electron chi connectivity index (χ0n) is 14.2. The number of aliphatic carboxylic acids is 1. The van der Waals surface area contributed by atoms with Crippen LogP contribution in [-0.2, 0) is 9.59 Å². The molecule has 1 heterocycles. The van der Waals surface area contributed by atoms with Crippen LogP contribution in [0.25, 0.3) is 0 Å². The number of hydrogen-bond acceptors (Lipinski definition) is 4. The normalized spacial score (nSPS) is 14.6. The highest BCUT2D eigenvalue weighted by atomic mass is 16.5. The van der Waals surface area contributed by atoms with Crippen molar-refractivity contribution in [1.29, 1.82) is 0 Å². The Bertz CT molecular complexity index is 828. The number of carboxylic acid groups (broad SMARTS) is 1. The number of aromatic nitrogens is 1. The Labute approximate surface area is 145 Å². The third-order valence-electron chi connectivity index (χ3n) is 4.38. The minimum atomic E-state index is -0.902. The Kier molecular flexibility index (Phi) is 4.44. The maximum Gasteiger partial charge on any atom is 0.310 e. The molecule has 6 heteroatoms. The number of benzene rings is 1. The Hall–Kier alpha value is -2.89. The van der Waals surface area contributed by atoms with Crippen molar-refractivity contribution in [3.63, 3.8) is 0 Å². The first kappa shape index (κ1) is 17.0. The van der Waals surface area contributed by atoms with Crippen molar-refractivity contribution in [2.75, 3.05) is 5.32 Å². The number of amides is 1. The van der Waals surface area contributed by atoms with Crippen molar-refractivity contribution in [3.05, 3.63) is 47.7 Å². The van der Waals surface area contributed by atoms with E-state index in [9.17, 15) is 14.7 Å². The first-order chi connectivity index (χ1) is 11.9. The van der Waals surface area contributed by atoms with E-state index in [-0.39, 0.29) is 12.3 Å². The second kappa shape index (κ2) is 6.55. The number of pyridine rings is 1. The van der Waals surface area contributed by atoms with E-state index in [1.807, 2.05) is 32.0 Å². The van der Waals surface area contributed by atoms with Crippen LogP contribution in [0.5, 0.6) is 11.6 Å². The average molecular weight is 340 g/mol. The molecule has 0 saturated heterocycles. The Balaban J connectivity index is 1.71. The standard InChI is InChI=1S/C19H20N2O4/c1-12-5-8-20-17(9-12)25-15-10-14(4-3-13(15)2)21-16(22)11-19(6-7-19)18(23)24/h3-5,8-10H,6-7,11H2,1-2H3,(H,21,22)(H,23,24). The number of anilines is 1. The number of nitrogens with one attached hydrogen (secondary N) is 1. The van der Waals surface area contributed by atoms with Crippen LogP contribution in [-0.4, -0.2) is 22.0 Å². The van der Waals surface area contributed by atoms with E-state index < -0.39 is 11.4 Å². The van der Waals surface area contributed by atoms with Crippen LogP contribution in [0.4, 0.5) is 5.69 Å². The van der Waals surface area contributed by atoms with Crippen LogP contribution < -0.4 is 10.1 Å². The summed E-state index contributed by atoms with van der Waals surface area (Å²) in [6.45, 7) is 3.86. The molecule has 1 saturated carbocycles. The smallest absolute Gasteiger partial charge is 0.310 e. The second-order valence-corrected chi connectivity index (χ2v) is 6.56. The number of ether oxygens (including phenoxy) is 1. The number of rotatable bonds is 6. The molecule has 0 aliphatic heterocycles. The summed E-state index contributed by atoms with van der Waals surface area (Å²) in [4.78, 5) is 27.5. The van der Waals surface area contributed by atoms with E-state index in [2.05, 4.69) is 10.3 Å². The average Bonchev–Trinajstić information content (AvgIpc) is 3.31. The van der Waals surface area contributed by atoms with Crippen molar-refractivity contribution in [3.8, 4) is 11.6 Å². The fourth-order valence-corrected chi connectivity index (χ4v) is 2.59. The van der Waals surface area contributed by atoms with Gasteiger partial charge in [0.1, 0.15) is 5.75 Å². The number of carboxylic acids is 1. The van der Waals surface area contributed by atoms with Gasteiger partial charge in [-0.25, -0.2) is 4.98 Å². The van der Waals surface area contributed by atoms with Crippen molar-refractivity contribution < 1.29 is 19.4 Å². The molecule has 1 aromatic carbocycles. The van der Waals surface area contributed by atoms with E-state index in [1.165, 1.54) is 0 Å². The summed E-state index contributed by atoms with van der Waals surface area (Å²) in [7, 11) is 0. The lowest BCUT2D eigenvalue weighted by molar-refractivity contribution is -0.145. The molecule has 6 nitrogen and oxygen atoms in total. The highest BCUT2D eigenvalue weighted by Gasteiger charge is 2.51. The molecule has 0 bridgehead atoms. The number of aryl methyl sites for hydroxylation is 2. The quantitative estimate of drug-likeness (QED) is 0.837. The zero-order chi connectivity index (χ0) is 18.0. The van der Waals surface area contributed by atoms with Crippen LogP contribution >= 0.6 is 0 Å². The fraction of sp³-hybridized carbons (Fsp3) is 0.316. The number of nitrogens with zero attached hydrogens (tertiary/aromatic N) is 1. The first-order valence-electron chi connectivity index (χ1n) is 8.12. The van der Waals surface area contributed by atoms with Gasteiger partial charge >= 0.3 is 5.97 Å². The summed E-state index contributed by atoms with van der Waals surface area (Å²) in [5.41, 5.74) is 1.64. The Morgan fingerprint density at radius 2 is 2.00 bits per heavy atom. The molecule has 1 amide bonds. The summed E-state index contributed by atoms with van der Waals surface area (Å²) in [5.74, 6) is -0.130. The van der Waals surface area contributed by atoms with Gasteiger partial charge in [0.15, 0.2) is 0 Å². The van der Waals surface area contributed by atoms with Crippen LogP contribution in [0.2, 0.25) is 0 Å². The molecular formula is C19H20N2O4. The van der Waals surface area contributed by atoms with Gasteiger partial charge in [0.2, 0.25) is 11.8 Å². The van der Waals surface area contributed by atoms with Crippen LogP contribution in [0.15, 0.2) is 36.5 Å². The van der Waals surface area contributed by atoms with Gasteiger partial charge in [0, 0.05) is 30.4 Å². The van der Waals surface area contributed by atoms with E-state index in [0.29, 0.717) is 30.2 Å². The van der Waals surface area contributed by atoms with E-state index in [1.54, 1.807) is 18.3 Å². The van der Waals surface area contributed by atoms with Gasteiger partial charge in [-0.15, -0.1) is 0 Å². The third-order valence-corrected chi connectivity index (χ3v) is 4.38. The maximum atomic E-state index is 12.1. The summed E-state index contributed by atoms with van der Waals surface area (Å²) in [5, 5.41) is 11.9. The summed E-state index contributed by atoms with van der Waals surface area (Å²) < 4.78 is 5.81. The first-order valence-corrected chi connectivity index (χ1v) is 8.12. The number of carbonyl (C=O) groups excluding carboxylic acids is 1. The Morgan fingerprint density at radius 3 is 2.64 bits per heavy atom. The Morgan fingerprint density at radius 1 is 1.24 bits per heavy atom. The van der Waals surface area contributed by atoms with Gasteiger partial charge in [-0.3, -0.25) is 9.59 Å².